The zero-order chi connectivity index (χ0) is 25.4. The summed E-state index contributed by atoms with van der Waals surface area (Å²) in [6.07, 6.45) is 0.123. The first-order valence-electron chi connectivity index (χ1n) is 11.5. The van der Waals surface area contributed by atoms with Gasteiger partial charge in [-0.1, -0.05) is 60.8 Å². The molecule has 0 spiro atoms. The van der Waals surface area contributed by atoms with Gasteiger partial charge in [0.2, 0.25) is 9.39 Å². The molecule has 2 unspecified atom stereocenters. The molecule has 5 rings (SSSR count). The minimum atomic E-state index is -1.91. The molecule has 3 fully saturated rings. The number of hydrogen-bond donors (Lipinski definition) is 1. The van der Waals surface area contributed by atoms with Crippen molar-refractivity contribution in [1.29, 1.82) is 0 Å². The van der Waals surface area contributed by atoms with Gasteiger partial charge in [0, 0.05) is 18.3 Å². The molecule has 11 heteroatoms. The fourth-order valence-electron chi connectivity index (χ4n) is 7.12. The van der Waals surface area contributed by atoms with Gasteiger partial charge >= 0.3 is 11.9 Å². The number of quaternary nitrogens is 1. The number of ether oxygens (including phenoxy) is 2. The summed E-state index contributed by atoms with van der Waals surface area (Å²) in [4.78, 5) is 27.6. The van der Waals surface area contributed by atoms with E-state index in [2.05, 4.69) is 20.9 Å². The number of esters is 2. The minimum absolute atomic E-state index is 0.0524. The van der Waals surface area contributed by atoms with Gasteiger partial charge in [-0.25, -0.2) is 4.79 Å². The van der Waals surface area contributed by atoms with E-state index < -0.39 is 33.0 Å². The highest BCUT2D eigenvalue weighted by atomic mass is 35.6. The fraction of sp³-hybridized carbons (Fsp3) is 0.583. The molecule has 3 saturated heterocycles. The predicted molar refractivity (Wildman–Crippen MR) is 137 cm³/mol. The van der Waals surface area contributed by atoms with Crippen LogP contribution in [0.4, 0.5) is 0 Å². The molecule has 0 radical (unpaired) electrons. The van der Waals surface area contributed by atoms with Gasteiger partial charge in [0.05, 0.1) is 22.8 Å². The second-order valence-corrected chi connectivity index (χ2v) is 14.5. The van der Waals surface area contributed by atoms with Gasteiger partial charge < -0.3 is 19.1 Å². The molecule has 1 N–H and O–H groups in total. The molecular weight excluding hydrogens is 553 g/mol. The number of rotatable bonds is 7. The van der Waals surface area contributed by atoms with E-state index in [1.54, 1.807) is 24.3 Å². The Morgan fingerprint density at radius 1 is 1.14 bits per heavy atom. The Morgan fingerprint density at radius 2 is 1.74 bits per heavy atom. The molecule has 35 heavy (non-hydrogen) atoms. The second kappa shape index (κ2) is 8.58. The van der Waals surface area contributed by atoms with Crippen LogP contribution in [0.25, 0.3) is 0 Å². The Morgan fingerprint density at radius 3 is 2.23 bits per heavy atom. The van der Waals surface area contributed by atoms with Gasteiger partial charge in [-0.15, -0.1) is 22.7 Å². The number of carbonyl (C=O) groups excluding carboxylic acids is 2. The maximum absolute atomic E-state index is 13.7. The Balaban J connectivity index is 1.45. The first kappa shape index (κ1) is 25.8. The number of alkyl halides is 3. The molecular formula is C24H27Cl3NO5S2+. The largest absolute Gasteiger partial charge is 0.461 e. The number of likely N-dealkylation sites (N-methyl/N-ethyl adjacent to an activating group) is 1. The summed E-state index contributed by atoms with van der Waals surface area (Å²) in [5, 5.41) is 15.4. The molecule has 0 bridgehead atoms. The lowest BCUT2D eigenvalue weighted by Crippen LogP contribution is -2.46. The van der Waals surface area contributed by atoms with E-state index in [4.69, 9.17) is 44.3 Å². The van der Waals surface area contributed by atoms with Crippen molar-refractivity contribution in [3.8, 4) is 0 Å². The topological polar surface area (TPSA) is 72.8 Å². The molecule has 3 aliphatic rings. The number of thiophene rings is 2. The Hall–Kier alpha value is -0.870. The third kappa shape index (κ3) is 3.70. The van der Waals surface area contributed by atoms with Gasteiger partial charge in [-0.2, -0.15) is 0 Å². The van der Waals surface area contributed by atoms with Crippen molar-refractivity contribution in [2.45, 2.75) is 59.8 Å². The smallest absolute Gasteiger partial charge is 0.349 e. The second-order valence-electron chi connectivity index (χ2n) is 10.1. The van der Waals surface area contributed by atoms with Crippen LogP contribution in [0.15, 0.2) is 35.0 Å². The predicted octanol–water partition coefficient (Wildman–Crippen LogP) is 4.89. The Kier molecular flexibility index (Phi) is 6.32. The van der Waals surface area contributed by atoms with Crippen molar-refractivity contribution >= 4 is 69.4 Å². The first-order chi connectivity index (χ1) is 16.4. The lowest BCUT2D eigenvalue weighted by molar-refractivity contribution is -0.828. The molecule has 5 heterocycles. The van der Waals surface area contributed by atoms with Gasteiger partial charge in [-0.3, -0.25) is 4.79 Å². The van der Waals surface area contributed by atoms with Crippen LogP contribution < -0.4 is 0 Å². The lowest BCUT2D eigenvalue weighted by atomic mass is 9.85. The summed E-state index contributed by atoms with van der Waals surface area (Å²) in [6, 6.07) is 7.44. The van der Waals surface area contributed by atoms with Crippen LogP contribution in [0.3, 0.4) is 0 Å². The molecule has 0 amide bonds. The minimum Gasteiger partial charge on any atom is -0.461 e. The number of hydrogen-bond acceptors (Lipinski definition) is 7. The number of carbonyl (C=O) groups is 2. The number of nitrogens with zero attached hydrogens (tertiary/aromatic N) is 1. The summed E-state index contributed by atoms with van der Waals surface area (Å²) in [6.45, 7) is 4.06. The monoisotopic (exact) mass is 578 g/mol. The van der Waals surface area contributed by atoms with Crippen LogP contribution in [0.2, 0.25) is 0 Å². The van der Waals surface area contributed by atoms with E-state index in [0.29, 0.717) is 32.5 Å². The zero-order valence-corrected chi connectivity index (χ0v) is 23.4. The van der Waals surface area contributed by atoms with E-state index >= 15 is 0 Å². The van der Waals surface area contributed by atoms with Crippen LogP contribution in [0, 0.1) is 11.8 Å². The summed E-state index contributed by atoms with van der Waals surface area (Å²) in [5.41, 5.74) is -2.53. The normalized spacial score (nSPS) is 35.6. The van der Waals surface area contributed by atoms with Crippen molar-refractivity contribution in [3.63, 3.8) is 0 Å². The van der Waals surface area contributed by atoms with E-state index in [9.17, 15) is 14.7 Å². The third-order valence-corrected chi connectivity index (χ3v) is 11.0. The highest BCUT2D eigenvalue weighted by Crippen LogP contribution is 2.72. The van der Waals surface area contributed by atoms with Crippen molar-refractivity contribution < 1.29 is 28.7 Å². The van der Waals surface area contributed by atoms with Crippen LogP contribution in [0.1, 0.15) is 36.4 Å². The maximum atomic E-state index is 13.7. The number of halogens is 3. The molecule has 0 aromatic carbocycles. The SMILES string of the molecule is C[C@@H]1[C@H](C)[C@H]2C[C@@H](OC(=O)C(O)(c3cccs3)c3cccs3)C3(CC(=O)OCC(Cl)(Cl)Cl)[C@@H]1[N+]23C. The Bertz CT molecular complexity index is 1090. The molecule has 3 aliphatic heterocycles. The fourth-order valence-corrected chi connectivity index (χ4v) is 9.00. The standard InChI is InChI=1S/C24H27Cl3NO5S2/c1-13-14(2)20-22(11-19(29)32-12-23(25,26)27)16(10-15(13)28(20,22)3)33-21(30)24(31,17-6-4-8-34-17)18-7-5-9-35-18/h4-9,13-16,20,31H,10-12H2,1-3H3/q+1/t13-,14+,15+,16+,20+,22?,28?/m0/s1. The molecule has 2 aromatic heterocycles. The number of fused-ring (bicyclic) bond motifs is 1. The van der Waals surface area contributed by atoms with Crippen LogP contribution >= 0.6 is 57.5 Å². The molecule has 7 atom stereocenters. The number of aliphatic hydroxyl groups is 1. The molecule has 190 valence electrons. The van der Waals surface area contributed by atoms with E-state index in [0.717, 1.165) is 0 Å². The van der Waals surface area contributed by atoms with Gasteiger partial charge in [0.1, 0.15) is 13.0 Å². The highest BCUT2D eigenvalue weighted by Gasteiger charge is 2.93. The van der Waals surface area contributed by atoms with Gasteiger partial charge in [0.15, 0.2) is 17.7 Å². The average molecular weight is 580 g/mol. The van der Waals surface area contributed by atoms with E-state index in [1.165, 1.54) is 22.7 Å². The van der Waals surface area contributed by atoms with Crippen LogP contribution in [-0.4, -0.2) is 62.7 Å². The maximum Gasteiger partial charge on any atom is 0.349 e. The van der Waals surface area contributed by atoms with Crippen molar-refractivity contribution in [3.05, 3.63) is 44.8 Å². The lowest BCUT2D eigenvalue weighted by Gasteiger charge is -2.28. The van der Waals surface area contributed by atoms with Crippen molar-refractivity contribution in [2.75, 3.05) is 13.7 Å². The summed E-state index contributed by atoms with van der Waals surface area (Å²) in [7, 11) is 2.14. The molecule has 6 nitrogen and oxygen atoms in total. The summed E-state index contributed by atoms with van der Waals surface area (Å²) >= 11 is 19.9. The third-order valence-electron chi connectivity index (χ3n) is 8.68. The van der Waals surface area contributed by atoms with Crippen LogP contribution in [-0.2, 0) is 24.7 Å². The van der Waals surface area contributed by atoms with Gasteiger partial charge in [0.25, 0.3) is 0 Å². The average Bonchev–Trinajstić information content (AvgIpc) is 3.39. The zero-order valence-electron chi connectivity index (χ0n) is 19.4. The molecule has 2 aromatic rings. The highest BCUT2D eigenvalue weighted by molar-refractivity contribution is 7.12. The van der Waals surface area contributed by atoms with Crippen LogP contribution in [0.5, 0.6) is 0 Å². The first-order valence-corrected chi connectivity index (χ1v) is 14.4. The Labute approximate surface area is 227 Å². The number of piperidine rings is 2. The summed E-state index contributed by atoms with van der Waals surface area (Å²) < 4.78 is 10.4. The summed E-state index contributed by atoms with van der Waals surface area (Å²) in [5.74, 6) is -0.462. The quantitative estimate of drug-likeness (QED) is 0.219. The molecule has 0 saturated carbocycles. The van der Waals surface area contributed by atoms with Crippen molar-refractivity contribution in [1.82, 2.24) is 0 Å². The molecule has 0 aliphatic carbocycles. The van der Waals surface area contributed by atoms with E-state index in [-0.39, 0.29) is 25.1 Å². The van der Waals surface area contributed by atoms with Crippen molar-refractivity contribution in [2.24, 2.45) is 11.8 Å². The van der Waals surface area contributed by atoms with E-state index in [1.807, 2.05) is 10.8 Å². The van der Waals surface area contributed by atoms with Gasteiger partial charge in [-0.05, 0) is 22.9 Å².